The van der Waals surface area contributed by atoms with Crippen molar-refractivity contribution in [2.45, 2.75) is 25.0 Å². The first-order valence-corrected chi connectivity index (χ1v) is 9.69. The summed E-state index contributed by atoms with van der Waals surface area (Å²) in [6.07, 6.45) is 6.99. The summed E-state index contributed by atoms with van der Waals surface area (Å²) in [5.41, 5.74) is 0. The lowest BCUT2D eigenvalue weighted by Gasteiger charge is -2.14. The first-order chi connectivity index (χ1) is 12.2. The van der Waals surface area contributed by atoms with E-state index in [9.17, 15) is 14.4 Å². The Kier molecular flexibility index (Phi) is 5.96. The molecule has 3 amide bonds. The number of nitrogens with one attached hydrogen (secondary N) is 1. The number of imide groups is 1. The van der Waals surface area contributed by atoms with E-state index in [1.54, 1.807) is 18.0 Å². The molecule has 2 aliphatic rings. The molecule has 0 radical (unpaired) electrons. The highest BCUT2D eigenvalue weighted by Crippen LogP contribution is 2.34. The van der Waals surface area contributed by atoms with E-state index >= 15 is 0 Å². The van der Waals surface area contributed by atoms with Gasteiger partial charge in [-0.2, -0.15) is 11.8 Å². The maximum atomic E-state index is 12.3. The molecular weight excluding hydrogens is 340 g/mol. The highest BCUT2D eigenvalue weighted by Gasteiger charge is 2.46. The van der Waals surface area contributed by atoms with E-state index in [1.807, 2.05) is 24.3 Å². The molecule has 1 N–H and O–H groups in total. The number of thioether (sulfide) groups is 1. The maximum absolute atomic E-state index is 12.3. The highest BCUT2D eigenvalue weighted by atomic mass is 32.2. The number of rotatable bonds is 8. The molecule has 1 aliphatic carbocycles. The fourth-order valence-electron chi connectivity index (χ4n) is 3.22. The number of allylic oxidation sites excluding steroid dienone is 2. The van der Waals surface area contributed by atoms with Crippen molar-refractivity contribution in [1.82, 2.24) is 10.2 Å². The Hall–Kier alpha value is -2.02. The van der Waals surface area contributed by atoms with E-state index in [0.29, 0.717) is 19.4 Å². The van der Waals surface area contributed by atoms with Crippen molar-refractivity contribution in [3.8, 4) is 0 Å². The molecule has 3 rings (SSSR count). The van der Waals surface area contributed by atoms with Crippen LogP contribution in [0.5, 0.6) is 0 Å². The van der Waals surface area contributed by atoms with Gasteiger partial charge in [0.2, 0.25) is 17.7 Å². The summed E-state index contributed by atoms with van der Waals surface area (Å²) in [6.45, 7) is 0.733. The third kappa shape index (κ3) is 4.34. The normalized spacial score (nSPS) is 22.3. The van der Waals surface area contributed by atoms with Crippen molar-refractivity contribution < 1.29 is 18.8 Å². The standard InChI is InChI=1S/C18H22N2O4S/c21-16(19-8-11-25-12-13-4-3-10-24-13)7-9-20-17(22)14-5-1-2-6-15(14)18(20)23/h1-4,10,14-15H,5-9,11-12H2,(H,19,21). The average molecular weight is 362 g/mol. The molecule has 1 fully saturated rings. The van der Waals surface area contributed by atoms with E-state index in [-0.39, 0.29) is 42.5 Å². The quantitative estimate of drug-likeness (QED) is 0.434. The number of nitrogens with zero attached hydrogens (tertiary/aromatic N) is 1. The van der Waals surface area contributed by atoms with Crippen LogP contribution in [0.4, 0.5) is 0 Å². The number of hydrogen-bond donors (Lipinski definition) is 1. The summed E-state index contributed by atoms with van der Waals surface area (Å²) in [6, 6.07) is 3.77. The van der Waals surface area contributed by atoms with Crippen molar-refractivity contribution in [1.29, 1.82) is 0 Å². The zero-order valence-corrected chi connectivity index (χ0v) is 14.8. The van der Waals surface area contributed by atoms with E-state index in [4.69, 9.17) is 4.42 Å². The van der Waals surface area contributed by atoms with E-state index in [1.165, 1.54) is 4.90 Å². The highest BCUT2D eigenvalue weighted by molar-refractivity contribution is 7.98. The van der Waals surface area contributed by atoms with Crippen molar-refractivity contribution in [2.75, 3.05) is 18.8 Å². The van der Waals surface area contributed by atoms with Gasteiger partial charge in [0.25, 0.3) is 0 Å². The number of likely N-dealkylation sites (tertiary alicyclic amines) is 1. The predicted molar refractivity (Wildman–Crippen MR) is 94.6 cm³/mol. The molecule has 1 aromatic rings. The van der Waals surface area contributed by atoms with Crippen LogP contribution in [0.3, 0.4) is 0 Å². The van der Waals surface area contributed by atoms with Crippen LogP contribution in [0.25, 0.3) is 0 Å². The van der Waals surface area contributed by atoms with Crippen LogP contribution >= 0.6 is 11.8 Å². The maximum Gasteiger partial charge on any atom is 0.233 e. The average Bonchev–Trinajstić information content (AvgIpc) is 3.22. The molecule has 0 spiro atoms. The molecule has 1 aliphatic heterocycles. The number of carbonyl (C=O) groups excluding carboxylic acids is 3. The Balaban J connectivity index is 1.33. The van der Waals surface area contributed by atoms with Crippen LogP contribution in [0.15, 0.2) is 35.0 Å². The van der Waals surface area contributed by atoms with Crippen LogP contribution < -0.4 is 5.32 Å². The van der Waals surface area contributed by atoms with Crippen LogP contribution in [0.2, 0.25) is 0 Å². The molecule has 0 bridgehead atoms. The van der Waals surface area contributed by atoms with Gasteiger partial charge in [-0.15, -0.1) is 0 Å². The number of amides is 3. The minimum Gasteiger partial charge on any atom is -0.468 e. The minimum atomic E-state index is -0.224. The molecule has 1 aromatic heterocycles. The summed E-state index contributed by atoms with van der Waals surface area (Å²) in [5.74, 6) is 1.64. The smallest absolute Gasteiger partial charge is 0.233 e. The fourth-order valence-corrected chi connectivity index (χ4v) is 3.98. The SMILES string of the molecule is O=C(CCN1C(=O)C2CC=CCC2C1=O)NCCSCc1ccco1. The van der Waals surface area contributed by atoms with Gasteiger partial charge in [-0.05, 0) is 25.0 Å². The summed E-state index contributed by atoms with van der Waals surface area (Å²) < 4.78 is 5.23. The molecule has 0 aromatic carbocycles. The Morgan fingerprint density at radius 2 is 1.96 bits per heavy atom. The fraction of sp³-hybridized carbons (Fsp3) is 0.500. The third-order valence-electron chi connectivity index (χ3n) is 4.55. The van der Waals surface area contributed by atoms with E-state index < -0.39 is 0 Å². The van der Waals surface area contributed by atoms with Crippen molar-refractivity contribution in [3.63, 3.8) is 0 Å². The van der Waals surface area contributed by atoms with Gasteiger partial charge in [0.1, 0.15) is 5.76 Å². The second-order valence-corrected chi connectivity index (χ2v) is 7.32. The molecule has 2 unspecified atom stereocenters. The van der Waals surface area contributed by atoms with Gasteiger partial charge in [-0.25, -0.2) is 0 Å². The van der Waals surface area contributed by atoms with Crippen LogP contribution in [-0.2, 0) is 20.1 Å². The molecule has 2 heterocycles. The van der Waals surface area contributed by atoms with Gasteiger partial charge in [-0.3, -0.25) is 19.3 Å². The molecular formula is C18H22N2O4S. The topological polar surface area (TPSA) is 79.6 Å². The van der Waals surface area contributed by atoms with Crippen LogP contribution in [-0.4, -0.2) is 41.5 Å². The molecule has 25 heavy (non-hydrogen) atoms. The lowest BCUT2D eigenvalue weighted by molar-refractivity contribution is -0.140. The van der Waals surface area contributed by atoms with Crippen molar-refractivity contribution in [3.05, 3.63) is 36.3 Å². The van der Waals surface area contributed by atoms with Crippen molar-refractivity contribution in [2.24, 2.45) is 11.8 Å². The zero-order chi connectivity index (χ0) is 17.6. The Morgan fingerprint density at radius 1 is 1.24 bits per heavy atom. The lowest BCUT2D eigenvalue weighted by Crippen LogP contribution is -2.36. The second-order valence-electron chi connectivity index (χ2n) is 6.22. The van der Waals surface area contributed by atoms with E-state index in [2.05, 4.69) is 5.32 Å². The Labute approximate surface area is 151 Å². The molecule has 6 nitrogen and oxygen atoms in total. The van der Waals surface area contributed by atoms with Crippen LogP contribution in [0.1, 0.15) is 25.0 Å². The Morgan fingerprint density at radius 3 is 2.60 bits per heavy atom. The zero-order valence-electron chi connectivity index (χ0n) is 14.0. The molecule has 134 valence electrons. The summed E-state index contributed by atoms with van der Waals surface area (Å²) in [4.78, 5) is 37.8. The largest absolute Gasteiger partial charge is 0.468 e. The van der Waals surface area contributed by atoms with Gasteiger partial charge >= 0.3 is 0 Å². The minimum absolute atomic E-state index is 0.124. The first-order valence-electron chi connectivity index (χ1n) is 8.54. The third-order valence-corrected chi connectivity index (χ3v) is 5.54. The van der Waals surface area contributed by atoms with Crippen LogP contribution in [0, 0.1) is 11.8 Å². The number of carbonyl (C=O) groups is 3. The van der Waals surface area contributed by atoms with Crippen molar-refractivity contribution >= 4 is 29.5 Å². The van der Waals surface area contributed by atoms with Gasteiger partial charge in [0, 0.05) is 25.3 Å². The number of furan rings is 1. The van der Waals surface area contributed by atoms with Gasteiger partial charge in [0.15, 0.2) is 0 Å². The monoisotopic (exact) mass is 362 g/mol. The molecule has 2 atom stereocenters. The van der Waals surface area contributed by atoms with Gasteiger partial charge in [-0.1, -0.05) is 12.2 Å². The lowest BCUT2D eigenvalue weighted by atomic mass is 9.85. The Bertz CT molecular complexity index is 630. The van der Waals surface area contributed by atoms with Gasteiger partial charge < -0.3 is 9.73 Å². The summed E-state index contributed by atoms with van der Waals surface area (Å²) >= 11 is 1.68. The number of hydrogen-bond acceptors (Lipinski definition) is 5. The van der Waals surface area contributed by atoms with E-state index in [0.717, 1.165) is 17.3 Å². The molecule has 1 saturated heterocycles. The number of fused-ring (bicyclic) bond motifs is 1. The molecule has 7 heteroatoms. The summed E-state index contributed by atoms with van der Waals surface area (Å²) in [5, 5.41) is 2.83. The van der Waals surface area contributed by atoms with Gasteiger partial charge in [0.05, 0.1) is 23.9 Å². The first kappa shape index (κ1) is 17.8. The predicted octanol–water partition coefficient (Wildman–Crippen LogP) is 1.97. The molecule has 0 saturated carbocycles. The summed E-state index contributed by atoms with van der Waals surface area (Å²) in [7, 11) is 0. The second kappa shape index (κ2) is 8.38.